The molecule has 49 heavy (non-hydrogen) atoms. The Kier molecular flexibility index (Phi) is 7.35. The molecular formula is C44H33N5. The van der Waals surface area contributed by atoms with Crippen molar-refractivity contribution in [1.29, 1.82) is 5.26 Å². The molecular weight excluding hydrogens is 599 g/mol. The summed E-state index contributed by atoms with van der Waals surface area (Å²) in [5.74, 6) is 1.80. The van der Waals surface area contributed by atoms with Crippen molar-refractivity contribution in [2.75, 3.05) is 0 Å². The lowest BCUT2D eigenvalue weighted by molar-refractivity contribution is 0.591. The Bertz CT molecular complexity index is 2460. The molecule has 2 aromatic heterocycles. The van der Waals surface area contributed by atoms with Crippen LogP contribution in [-0.2, 0) is 5.41 Å². The third-order valence-corrected chi connectivity index (χ3v) is 9.06. The molecule has 2 heterocycles. The van der Waals surface area contributed by atoms with E-state index in [0.717, 1.165) is 44.5 Å². The zero-order chi connectivity index (χ0) is 33.5. The zero-order valence-electron chi connectivity index (χ0n) is 27.6. The van der Waals surface area contributed by atoms with E-state index in [2.05, 4.69) is 92.1 Å². The maximum Gasteiger partial charge on any atom is 0.166 e. The summed E-state index contributed by atoms with van der Waals surface area (Å²) in [4.78, 5) is 15.3. The maximum atomic E-state index is 9.44. The highest BCUT2D eigenvalue weighted by atomic mass is 15.1. The number of hydrogen-bond acceptors (Lipinski definition) is 4. The summed E-state index contributed by atoms with van der Waals surface area (Å²) in [6, 6.07) is 51.9. The van der Waals surface area contributed by atoms with Crippen molar-refractivity contribution in [3.05, 3.63) is 157 Å². The Labute approximate surface area is 285 Å². The van der Waals surface area contributed by atoms with Crippen LogP contribution in [0, 0.1) is 11.3 Å². The summed E-state index contributed by atoms with van der Waals surface area (Å²) >= 11 is 0. The van der Waals surface area contributed by atoms with Crippen LogP contribution in [0.1, 0.15) is 31.9 Å². The van der Waals surface area contributed by atoms with E-state index in [4.69, 9.17) is 15.0 Å². The van der Waals surface area contributed by atoms with E-state index in [1.165, 1.54) is 16.3 Å². The third-order valence-electron chi connectivity index (χ3n) is 9.06. The number of hydrogen-bond donors (Lipinski definition) is 0. The van der Waals surface area contributed by atoms with Crippen molar-refractivity contribution in [3.8, 4) is 57.0 Å². The van der Waals surface area contributed by atoms with Gasteiger partial charge in [-0.1, -0.05) is 130 Å². The van der Waals surface area contributed by atoms with Gasteiger partial charge in [0.15, 0.2) is 17.5 Å². The first-order chi connectivity index (χ1) is 23.9. The highest BCUT2D eigenvalue weighted by Crippen LogP contribution is 2.39. The first-order valence-electron chi connectivity index (χ1n) is 16.4. The Morgan fingerprint density at radius 1 is 0.510 bits per heavy atom. The summed E-state index contributed by atoms with van der Waals surface area (Å²) in [5.41, 5.74) is 9.78. The molecule has 5 heteroatoms. The van der Waals surface area contributed by atoms with E-state index < -0.39 is 0 Å². The van der Waals surface area contributed by atoms with Gasteiger partial charge in [0.05, 0.1) is 28.4 Å². The van der Waals surface area contributed by atoms with Crippen LogP contribution >= 0.6 is 0 Å². The van der Waals surface area contributed by atoms with Gasteiger partial charge in [-0.25, -0.2) is 15.0 Å². The van der Waals surface area contributed by atoms with Crippen LogP contribution in [0.25, 0.3) is 72.8 Å². The van der Waals surface area contributed by atoms with Crippen molar-refractivity contribution < 1.29 is 0 Å². The number of fused-ring (bicyclic) bond motifs is 3. The van der Waals surface area contributed by atoms with Crippen LogP contribution in [0.2, 0.25) is 0 Å². The van der Waals surface area contributed by atoms with E-state index in [-0.39, 0.29) is 5.41 Å². The number of benzene rings is 6. The molecule has 234 valence electrons. The topological polar surface area (TPSA) is 67.4 Å². The molecule has 5 nitrogen and oxygen atoms in total. The lowest BCUT2D eigenvalue weighted by Crippen LogP contribution is -2.11. The second-order valence-electron chi connectivity index (χ2n) is 13.3. The molecule has 0 unspecified atom stereocenters. The van der Waals surface area contributed by atoms with Crippen molar-refractivity contribution in [1.82, 2.24) is 19.5 Å². The van der Waals surface area contributed by atoms with Crippen molar-refractivity contribution in [2.45, 2.75) is 26.2 Å². The standard InChI is InChI=1S/C44H33N5/c1-44(2,3)34-23-24-36-35-16-10-11-17-38(35)49(40(36)27-34)39-25-22-33(30-20-18-29(28-45)19-21-30)26-37(39)43-47-41(31-12-6-4-7-13-31)46-42(48-43)32-14-8-5-9-15-32/h4-27H,1-3H3. The molecule has 0 N–H and O–H groups in total. The predicted octanol–water partition coefficient (Wildman–Crippen LogP) is 10.8. The molecule has 0 fully saturated rings. The summed E-state index contributed by atoms with van der Waals surface area (Å²) in [5, 5.41) is 11.8. The van der Waals surface area contributed by atoms with Gasteiger partial charge < -0.3 is 4.57 Å². The van der Waals surface area contributed by atoms with E-state index in [9.17, 15) is 5.26 Å². The van der Waals surface area contributed by atoms with Gasteiger partial charge in [-0.2, -0.15) is 5.26 Å². The van der Waals surface area contributed by atoms with Gasteiger partial charge in [0.2, 0.25) is 0 Å². The Morgan fingerprint density at radius 3 is 1.71 bits per heavy atom. The van der Waals surface area contributed by atoms with Crippen molar-refractivity contribution >= 4 is 21.8 Å². The first-order valence-corrected chi connectivity index (χ1v) is 16.4. The molecule has 0 aliphatic carbocycles. The SMILES string of the molecule is CC(C)(C)c1ccc2c3ccccc3n(-c3ccc(-c4ccc(C#N)cc4)cc3-c3nc(-c4ccccc4)nc(-c4ccccc4)n3)c2c1. The van der Waals surface area contributed by atoms with E-state index in [1.807, 2.05) is 84.9 Å². The van der Waals surface area contributed by atoms with Gasteiger partial charge in [-0.15, -0.1) is 0 Å². The lowest BCUT2D eigenvalue weighted by atomic mass is 9.86. The van der Waals surface area contributed by atoms with Crippen LogP contribution in [0.4, 0.5) is 0 Å². The van der Waals surface area contributed by atoms with Gasteiger partial charge in [-0.3, -0.25) is 0 Å². The minimum atomic E-state index is -0.0267. The summed E-state index contributed by atoms with van der Waals surface area (Å²) in [6.45, 7) is 6.75. The van der Waals surface area contributed by atoms with Crippen molar-refractivity contribution in [3.63, 3.8) is 0 Å². The third kappa shape index (κ3) is 5.54. The normalized spacial score (nSPS) is 11.6. The second-order valence-corrected chi connectivity index (χ2v) is 13.3. The number of rotatable bonds is 5. The predicted molar refractivity (Wildman–Crippen MR) is 199 cm³/mol. The smallest absolute Gasteiger partial charge is 0.166 e. The summed E-state index contributed by atoms with van der Waals surface area (Å²) in [6.07, 6.45) is 0. The van der Waals surface area contributed by atoms with Crippen LogP contribution in [-0.4, -0.2) is 19.5 Å². The maximum absolute atomic E-state index is 9.44. The zero-order valence-corrected chi connectivity index (χ0v) is 27.6. The number of nitrogens with zero attached hydrogens (tertiary/aromatic N) is 5. The number of nitriles is 1. The van der Waals surface area contributed by atoms with E-state index in [1.54, 1.807) is 0 Å². The van der Waals surface area contributed by atoms with E-state index >= 15 is 0 Å². The minimum absolute atomic E-state index is 0.0267. The highest BCUT2D eigenvalue weighted by molar-refractivity contribution is 6.10. The molecule has 0 saturated heterocycles. The Balaban J connectivity index is 1.46. The molecule has 0 aliphatic rings. The average Bonchev–Trinajstić information content (AvgIpc) is 3.48. The summed E-state index contributed by atoms with van der Waals surface area (Å²) < 4.78 is 2.35. The van der Waals surface area contributed by atoms with E-state index in [0.29, 0.717) is 23.0 Å². The number of para-hydroxylation sites is 1. The fourth-order valence-electron chi connectivity index (χ4n) is 6.45. The summed E-state index contributed by atoms with van der Waals surface area (Å²) in [7, 11) is 0. The molecule has 0 bridgehead atoms. The molecule has 8 rings (SSSR count). The fraction of sp³-hybridized carbons (Fsp3) is 0.0909. The Morgan fingerprint density at radius 2 is 1.08 bits per heavy atom. The van der Waals surface area contributed by atoms with Gasteiger partial charge in [0, 0.05) is 27.5 Å². The molecule has 0 spiro atoms. The van der Waals surface area contributed by atoms with Crippen LogP contribution in [0.15, 0.2) is 146 Å². The van der Waals surface area contributed by atoms with Gasteiger partial charge in [0.25, 0.3) is 0 Å². The second kappa shape index (κ2) is 12.0. The molecule has 0 radical (unpaired) electrons. The number of aromatic nitrogens is 4. The van der Waals surface area contributed by atoms with Gasteiger partial charge in [0.1, 0.15) is 0 Å². The first kappa shape index (κ1) is 30.0. The molecule has 8 aromatic rings. The molecule has 0 amide bonds. The van der Waals surface area contributed by atoms with Crippen LogP contribution in [0.3, 0.4) is 0 Å². The lowest BCUT2D eigenvalue weighted by Gasteiger charge is -2.20. The molecule has 6 aromatic carbocycles. The van der Waals surface area contributed by atoms with Crippen LogP contribution in [0.5, 0.6) is 0 Å². The van der Waals surface area contributed by atoms with Gasteiger partial charge in [-0.05, 0) is 58.5 Å². The fourth-order valence-corrected chi connectivity index (χ4v) is 6.45. The van der Waals surface area contributed by atoms with Gasteiger partial charge >= 0.3 is 0 Å². The molecule has 0 atom stereocenters. The molecule has 0 saturated carbocycles. The average molecular weight is 632 g/mol. The Hall–Kier alpha value is -6.38. The highest BCUT2D eigenvalue weighted by Gasteiger charge is 2.22. The molecule has 0 aliphatic heterocycles. The largest absolute Gasteiger partial charge is 0.308 e. The van der Waals surface area contributed by atoms with Crippen molar-refractivity contribution in [2.24, 2.45) is 0 Å². The quantitative estimate of drug-likeness (QED) is 0.190. The monoisotopic (exact) mass is 631 g/mol. The minimum Gasteiger partial charge on any atom is -0.308 e. The van der Waals surface area contributed by atoms with Crippen LogP contribution < -0.4 is 0 Å².